The summed E-state index contributed by atoms with van der Waals surface area (Å²) in [4.78, 5) is 15.1. The molecule has 1 saturated heterocycles. The molecule has 0 saturated carbocycles. The largest absolute Gasteiger partial charge is 0.472 e. The highest BCUT2D eigenvalue weighted by Crippen LogP contribution is 2.18. The van der Waals surface area contributed by atoms with Crippen LogP contribution in [-0.4, -0.2) is 38.7 Å². The summed E-state index contributed by atoms with van der Waals surface area (Å²) in [7, 11) is 0. The van der Waals surface area contributed by atoms with Gasteiger partial charge in [-0.05, 0) is 17.5 Å². The molecule has 0 bridgehead atoms. The van der Waals surface area contributed by atoms with Crippen molar-refractivity contribution in [3.05, 3.63) is 34.7 Å². The third kappa shape index (κ3) is 3.89. The molecule has 3 rings (SSSR count). The SMILES string of the molecule is O=C(/C=C/c1cccs1)N1CCC(Oc2cnsn2)CC1. The summed E-state index contributed by atoms with van der Waals surface area (Å²) in [5.41, 5.74) is 0. The molecule has 2 aromatic rings. The van der Waals surface area contributed by atoms with Crippen molar-refractivity contribution in [3.63, 3.8) is 0 Å². The Morgan fingerprint density at radius 2 is 2.29 bits per heavy atom. The minimum Gasteiger partial charge on any atom is -0.472 e. The summed E-state index contributed by atoms with van der Waals surface area (Å²) in [6.07, 6.45) is 6.94. The van der Waals surface area contributed by atoms with Gasteiger partial charge in [-0.15, -0.1) is 15.7 Å². The van der Waals surface area contributed by atoms with E-state index in [1.807, 2.05) is 28.5 Å². The second kappa shape index (κ2) is 6.82. The number of nitrogens with zero attached hydrogens (tertiary/aromatic N) is 3. The average Bonchev–Trinajstić information content (AvgIpc) is 3.19. The van der Waals surface area contributed by atoms with Crippen LogP contribution in [0.25, 0.3) is 6.08 Å². The van der Waals surface area contributed by atoms with E-state index in [4.69, 9.17) is 4.74 Å². The molecule has 0 atom stereocenters. The third-order valence-corrected chi connectivity index (χ3v) is 4.61. The average molecular weight is 321 g/mol. The molecule has 1 aliphatic rings. The normalized spacial score (nSPS) is 16.5. The van der Waals surface area contributed by atoms with Crippen molar-refractivity contribution in [1.29, 1.82) is 0 Å². The first-order valence-corrected chi connectivity index (χ1v) is 8.37. The molecule has 2 aromatic heterocycles. The van der Waals surface area contributed by atoms with E-state index in [-0.39, 0.29) is 12.0 Å². The first-order valence-electron chi connectivity index (χ1n) is 6.76. The number of rotatable bonds is 4. The number of carbonyl (C=O) groups excluding carboxylic acids is 1. The Labute approximate surface area is 131 Å². The molecule has 0 aliphatic carbocycles. The second-order valence-electron chi connectivity index (χ2n) is 4.74. The second-order valence-corrected chi connectivity index (χ2v) is 6.27. The zero-order valence-corrected chi connectivity index (χ0v) is 13.0. The standard InChI is InChI=1S/C14H15N3O2S2/c18-14(4-3-12-2-1-9-20-12)17-7-5-11(6-8-17)19-13-10-15-21-16-13/h1-4,9-11H,5-8H2/b4-3+. The van der Waals surface area contributed by atoms with E-state index in [0.717, 1.165) is 42.5 Å². The number of ether oxygens (including phenoxy) is 1. The van der Waals surface area contributed by atoms with Crippen LogP contribution >= 0.6 is 23.1 Å². The molecule has 110 valence electrons. The number of thiophene rings is 1. The van der Waals surface area contributed by atoms with Gasteiger partial charge in [0.25, 0.3) is 0 Å². The van der Waals surface area contributed by atoms with Gasteiger partial charge in [0.05, 0.1) is 11.7 Å². The maximum Gasteiger partial charge on any atom is 0.246 e. The number of piperidine rings is 1. The molecule has 0 radical (unpaired) electrons. The van der Waals surface area contributed by atoms with Gasteiger partial charge in [-0.1, -0.05) is 6.07 Å². The summed E-state index contributed by atoms with van der Waals surface area (Å²) < 4.78 is 13.7. The molecule has 0 unspecified atom stereocenters. The fourth-order valence-electron chi connectivity index (χ4n) is 2.22. The Balaban J connectivity index is 1.47. The van der Waals surface area contributed by atoms with Crippen LogP contribution in [-0.2, 0) is 4.79 Å². The molecule has 1 aliphatic heterocycles. The Morgan fingerprint density at radius 3 is 2.95 bits per heavy atom. The Hall–Kier alpha value is -1.73. The molecule has 1 fully saturated rings. The third-order valence-electron chi connectivity index (χ3n) is 3.32. The van der Waals surface area contributed by atoms with Crippen molar-refractivity contribution in [1.82, 2.24) is 13.6 Å². The van der Waals surface area contributed by atoms with Crippen molar-refractivity contribution in [2.75, 3.05) is 13.1 Å². The zero-order valence-electron chi connectivity index (χ0n) is 11.3. The minimum absolute atomic E-state index is 0.0668. The van der Waals surface area contributed by atoms with E-state index < -0.39 is 0 Å². The van der Waals surface area contributed by atoms with Gasteiger partial charge in [-0.3, -0.25) is 4.79 Å². The molecule has 7 heteroatoms. The van der Waals surface area contributed by atoms with Crippen LogP contribution < -0.4 is 4.74 Å². The topological polar surface area (TPSA) is 55.3 Å². The minimum atomic E-state index is 0.0668. The fourth-order valence-corrected chi connectivity index (χ4v) is 3.19. The van der Waals surface area contributed by atoms with Crippen LogP contribution in [0.1, 0.15) is 17.7 Å². The van der Waals surface area contributed by atoms with E-state index in [1.165, 1.54) is 0 Å². The Morgan fingerprint density at radius 1 is 1.43 bits per heavy atom. The summed E-state index contributed by atoms with van der Waals surface area (Å²) in [5.74, 6) is 0.652. The first kappa shape index (κ1) is 14.2. The van der Waals surface area contributed by atoms with Crippen molar-refractivity contribution in [2.45, 2.75) is 18.9 Å². The predicted molar refractivity (Wildman–Crippen MR) is 83.5 cm³/mol. The lowest BCUT2D eigenvalue weighted by molar-refractivity contribution is -0.127. The van der Waals surface area contributed by atoms with Crippen LogP contribution in [0.3, 0.4) is 0 Å². The Kier molecular flexibility index (Phi) is 4.62. The van der Waals surface area contributed by atoms with Gasteiger partial charge < -0.3 is 9.64 Å². The fraction of sp³-hybridized carbons (Fsp3) is 0.357. The maximum atomic E-state index is 12.1. The molecular weight excluding hydrogens is 306 g/mol. The van der Waals surface area contributed by atoms with Gasteiger partial charge in [0.1, 0.15) is 12.3 Å². The quantitative estimate of drug-likeness (QED) is 0.813. The van der Waals surface area contributed by atoms with E-state index in [2.05, 4.69) is 8.75 Å². The van der Waals surface area contributed by atoms with Crippen LogP contribution in [0.4, 0.5) is 0 Å². The molecule has 3 heterocycles. The molecule has 0 aromatic carbocycles. The lowest BCUT2D eigenvalue weighted by Gasteiger charge is -2.30. The number of carbonyl (C=O) groups is 1. The van der Waals surface area contributed by atoms with E-state index in [0.29, 0.717) is 5.88 Å². The molecule has 0 N–H and O–H groups in total. The lowest BCUT2D eigenvalue weighted by Crippen LogP contribution is -2.41. The summed E-state index contributed by atoms with van der Waals surface area (Å²) >= 11 is 2.77. The Bertz CT molecular complexity index is 588. The number of hydrogen-bond acceptors (Lipinski definition) is 6. The van der Waals surface area contributed by atoms with Crippen molar-refractivity contribution >= 4 is 35.0 Å². The first-order chi connectivity index (χ1) is 10.3. The van der Waals surface area contributed by atoms with Crippen molar-refractivity contribution < 1.29 is 9.53 Å². The van der Waals surface area contributed by atoms with Crippen molar-refractivity contribution in [3.8, 4) is 5.88 Å². The van der Waals surface area contributed by atoms with Crippen LogP contribution in [0, 0.1) is 0 Å². The smallest absolute Gasteiger partial charge is 0.246 e. The molecule has 1 amide bonds. The van der Waals surface area contributed by atoms with Gasteiger partial charge in [-0.2, -0.15) is 4.37 Å². The monoisotopic (exact) mass is 321 g/mol. The van der Waals surface area contributed by atoms with Crippen molar-refractivity contribution in [2.24, 2.45) is 0 Å². The van der Waals surface area contributed by atoms with Gasteiger partial charge >= 0.3 is 0 Å². The highest BCUT2D eigenvalue weighted by molar-refractivity contribution is 7.10. The molecule has 5 nitrogen and oxygen atoms in total. The number of amides is 1. The molecule has 21 heavy (non-hydrogen) atoms. The summed E-state index contributed by atoms with van der Waals surface area (Å²) in [6, 6.07) is 3.97. The van der Waals surface area contributed by atoms with Gasteiger partial charge in [-0.25, -0.2) is 0 Å². The highest BCUT2D eigenvalue weighted by atomic mass is 32.1. The number of hydrogen-bond donors (Lipinski definition) is 0. The number of aromatic nitrogens is 2. The maximum absolute atomic E-state index is 12.1. The lowest BCUT2D eigenvalue weighted by atomic mass is 10.1. The summed E-state index contributed by atoms with van der Waals surface area (Å²) in [5, 5.41) is 2.00. The van der Waals surface area contributed by atoms with Crippen LogP contribution in [0.5, 0.6) is 5.88 Å². The van der Waals surface area contributed by atoms with E-state index >= 15 is 0 Å². The van der Waals surface area contributed by atoms with Crippen LogP contribution in [0.2, 0.25) is 0 Å². The summed E-state index contributed by atoms with van der Waals surface area (Å²) in [6.45, 7) is 1.44. The van der Waals surface area contributed by atoms with Crippen LogP contribution in [0.15, 0.2) is 29.8 Å². The highest BCUT2D eigenvalue weighted by Gasteiger charge is 2.23. The number of likely N-dealkylation sites (tertiary alicyclic amines) is 1. The molecular formula is C14H15N3O2S2. The predicted octanol–water partition coefficient (Wildman–Crippen LogP) is 2.68. The van der Waals surface area contributed by atoms with E-state index in [1.54, 1.807) is 23.6 Å². The van der Waals surface area contributed by atoms with E-state index in [9.17, 15) is 4.79 Å². The van der Waals surface area contributed by atoms with Gasteiger partial charge in [0, 0.05) is 36.9 Å². The van der Waals surface area contributed by atoms with Gasteiger partial charge in [0.2, 0.25) is 11.8 Å². The molecule has 0 spiro atoms. The van der Waals surface area contributed by atoms with Gasteiger partial charge in [0.15, 0.2) is 0 Å². The zero-order chi connectivity index (χ0) is 14.5.